The summed E-state index contributed by atoms with van der Waals surface area (Å²) in [6.45, 7) is 13.0. The largest absolute Gasteiger partial charge is 0.311 e. The Morgan fingerprint density at radius 3 is 2.50 bits per heavy atom. The Morgan fingerprint density at radius 2 is 1.94 bits per heavy atom. The predicted molar refractivity (Wildman–Crippen MR) is 71.8 cm³/mol. The van der Waals surface area contributed by atoms with Crippen LogP contribution in [0.5, 0.6) is 0 Å². The molecule has 0 aromatic carbocycles. The van der Waals surface area contributed by atoms with Gasteiger partial charge in [0.25, 0.3) is 0 Å². The topological polar surface area (TPSA) is 15.3 Å². The quantitative estimate of drug-likeness (QED) is 0.749. The van der Waals surface area contributed by atoms with Crippen LogP contribution in [0.25, 0.3) is 0 Å². The van der Waals surface area contributed by atoms with Crippen LogP contribution < -0.4 is 5.32 Å². The molecule has 2 atom stereocenters. The molecular weight excluding hydrogens is 196 g/mol. The summed E-state index contributed by atoms with van der Waals surface area (Å²) >= 11 is 0. The van der Waals surface area contributed by atoms with Crippen molar-refractivity contribution in [2.75, 3.05) is 19.6 Å². The summed E-state index contributed by atoms with van der Waals surface area (Å²) in [6.07, 6.45) is 5.30. The molecular formula is C14H30N2. The SMILES string of the molecule is CCC(CC)NC(C)C1CCCN(CC)C1. The zero-order chi connectivity index (χ0) is 12.0. The van der Waals surface area contributed by atoms with E-state index in [9.17, 15) is 0 Å². The molecule has 0 saturated carbocycles. The average molecular weight is 226 g/mol. The number of piperidine rings is 1. The van der Waals surface area contributed by atoms with Gasteiger partial charge in [0.1, 0.15) is 0 Å². The van der Waals surface area contributed by atoms with Crippen molar-refractivity contribution in [3.63, 3.8) is 0 Å². The fourth-order valence-corrected chi connectivity index (χ4v) is 2.82. The molecule has 1 aliphatic heterocycles. The molecule has 96 valence electrons. The van der Waals surface area contributed by atoms with Crippen molar-refractivity contribution in [2.24, 2.45) is 5.92 Å². The minimum absolute atomic E-state index is 0.680. The van der Waals surface area contributed by atoms with Crippen molar-refractivity contribution in [3.8, 4) is 0 Å². The molecule has 0 aromatic rings. The lowest BCUT2D eigenvalue weighted by molar-refractivity contribution is 0.151. The Balaban J connectivity index is 2.37. The standard InChI is InChI=1S/C14H30N2/c1-5-14(6-2)15-12(4)13-9-8-10-16(7-3)11-13/h12-15H,5-11H2,1-4H3. The summed E-state index contributed by atoms with van der Waals surface area (Å²) in [5.74, 6) is 0.856. The molecule has 0 amide bonds. The molecule has 0 aromatic heterocycles. The third-order valence-electron chi connectivity index (χ3n) is 4.18. The summed E-state index contributed by atoms with van der Waals surface area (Å²) in [6, 6.07) is 1.39. The molecule has 0 radical (unpaired) electrons. The van der Waals surface area contributed by atoms with E-state index >= 15 is 0 Å². The van der Waals surface area contributed by atoms with Crippen molar-refractivity contribution < 1.29 is 0 Å². The van der Waals surface area contributed by atoms with Gasteiger partial charge in [-0.25, -0.2) is 0 Å². The summed E-state index contributed by atoms with van der Waals surface area (Å²) in [5, 5.41) is 3.80. The molecule has 2 unspecified atom stereocenters. The first kappa shape index (κ1) is 14.0. The molecule has 2 nitrogen and oxygen atoms in total. The first-order chi connectivity index (χ1) is 7.71. The summed E-state index contributed by atoms with van der Waals surface area (Å²) < 4.78 is 0. The highest BCUT2D eigenvalue weighted by molar-refractivity contribution is 4.81. The molecule has 1 aliphatic rings. The fraction of sp³-hybridized carbons (Fsp3) is 1.00. The van der Waals surface area contributed by atoms with Crippen molar-refractivity contribution in [3.05, 3.63) is 0 Å². The fourth-order valence-electron chi connectivity index (χ4n) is 2.82. The van der Waals surface area contributed by atoms with Gasteiger partial charge in [-0.3, -0.25) is 0 Å². The van der Waals surface area contributed by atoms with Gasteiger partial charge in [-0.1, -0.05) is 20.8 Å². The van der Waals surface area contributed by atoms with Gasteiger partial charge in [0.05, 0.1) is 0 Å². The van der Waals surface area contributed by atoms with Gasteiger partial charge in [-0.2, -0.15) is 0 Å². The van der Waals surface area contributed by atoms with Crippen molar-refractivity contribution in [1.29, 1.82) is 0 Å². The lowest BCUT2D eigenvalue weighted by Gasteiger charge is -2.36. The maximum absolute atomic E-state index is 3.80. The lowest BCUT2D eigenvalue weighted by atomic mass is 9.91. The average Bonchev–Trinajstić information content (AvgIpc) is 2.35. The number of hydrogen-bond acceptors (Lipinski definition) is 2. The van der Waals surface area contributed by atoms with Crippen molar-refractivity contribution >= 4 is 0 Å². The number of nitrogens with zero attached hydrogens (tertiary/aromatic N) is 1. The monoisotopic (exact) mass is 226 g/mol. The molecule has 0 aliphatic carbocycles. The van der Waals surface area contributed by atoms with Crippen LogP contribution in [0, 0.1) is 5.92 Å². The molecule has 1 saturated heterocycles. The maximum Gasteiger partial charge on any atom is 0.00818 e. The molecule has 1 rings (SSSR count). The first-order valence-electron chi connectivity index (χ1n) is 7.19. The lowest BCUT2D eigenvalue weighted by Crippen LogP contribution is -2.47. The molecule has 0 bridgehead atoms. The molecule has 1 fully saturated rings. The molecule has 0 spiro atoms. The van der Waals surface area contributed by atoms with Crippen LogP contribution in [-0.4, -0.2) is 36.6 Å². The second kappa shape index (κ2) is 7.29. The van der Waals surface area contributed by atoms with Crippen LogP contribution >= 0.6 is 0 Å². The third-order valence-corrected chi connectivity index (χ3v) is 4.18. The minimum atomic E-state index is 0.680. The van der Waals surface area contributed by atoms with Gasteiger partial charge in [0, 0.05) is 18.6 Å². The maximum atomic E-state index is 3.80. The van der Waals surface area contributed by atoms with E-state index in [2.05, 4.69) is 37.9 Å². The third kappa shape index (κ3) is 4.06. The normalized spacial score (nSPS) is 24.9. The van der Waals surface area contributed by atoms with Crippen molar-refractivity contribution in [1.82, 2.24) is 10.2 Å². The summed E-state index contributed by atoms with van der Waals surface area (Å²) in [7, 11) is 0. The van der Waals surface area contributed by atoms with Gasteiger partial charge < -0.3 is 10.2 Å². The van der Waals surface area contributed by atoms with Crippen LogP contribution in [0.4, 0.5) is 0 Å². The van der Waals surface area contributed by atoms with Crippen LogP contribution in [0.15, 0.2) is 0 Å². The molecule has 1 N–H and O–H groups in total. The highest BCUT2D eigenvalue weighted by Crippen LogP contribution is 2.20. The van der Waals surface area contributed by atoms with Crippen LogP contribution in [0.3, 0.4) is 0 Å². The van der Waals surface area contributed by atoms with Crippen LogP contribution in [0.2, 0.25) is 0 Å². The molecule has 1 heterocycles. The smallest absolute Gasteiger partial charge is 0.00818 e. The molecule has 16 heavy (non-hydrogen) atoms. The minimum Gasteiger partial charge on any atom is -0.311 e. The zero-order valence-corrected chi connectivity index (χ0v) is 11.6. The second-order valence-corrected chi connectivity index (χ2v) is 5.26. The number of nitrogens with one attached hydrogen (secondary N) is 1. The summed E-state index contributed by atoms with van der Waals surface area (Å²) in [5.41, 5.74) is 0. The summed E-state index contributed by atoms with van der Waals surface area (Å²) in [4.78, 5) is 2.60. The van der Waals surface area contributed by atoms with Crippen molar-refractivity contribution in [2.45, 2.75) is 65.5 Å². The van der Waals surface area contributed by atoms with E-state index in [1.165, 1.54) is 45.3 Å². The molecule has 2 heteroatoms. The van der Waals surface area contributed by atoms with E-state index in [-0.39, 0.29) is 0 Å². The van der Waals surface area contributed by atoms with E-state index in [0.29, 0.717) is 12.1 Å². The Labute approximate surface area is 102 Å². The van der Waals surface area contributed by atoms with Gasteiger partial charge >= 0.3 is 0 Å². The van der Waals surface area contributed by atoms with Crippen LogP contribution in [-0.2, 0) is 0 Å². The van der Waals surface area contributed by atoms with E-state index in [0.717, 1.165) is 5.92 Å². The predicted octanol–water partition coefficient (Wildman–Crippen LogP) is 2.89. The van der Waals surface area contributed by atoms with Crippen LogP contribution in [0.1, 0.15) is 53.4 Å². The highest BCUT2D eigenvalue weighted by atomic mass is 15.1. The van der Waals surface area contributed by atoms with Gasteiger partial charge in [0.15, 0.2) is 0 Å². The highest BCUT2D eigenvalue weighted by Gasteiger charge is 2.24. The first-order valence-corrected chi connectivity index (χ1v) is 7.19. The number of likely N-dealkylation sites (tertiary alicyclic amines) is 1. The Kier molecular flexibility index (Phi) is 6.37. The van der Waals surface area contributed by atoms with Gasteiger partial charge in [-0.15, -0.1) is 0 Å². The zero-order valence-electron chi connectivity index (χ0n) is 11.6. The van der Waals surface area contributed by atoms with E-state index < -0.39 is 0 Å². The Hall–Kier alpha value is -0.0800. The van der Waals surface area contributed by atoms with Gasteiger partial charge in [0.2, 0.25) is 0 Å². The van der Waals surface area contributed by atoms with Gasteiger partial charge in [-0.05, 0) is 51.6 Å². The Morgan fingerprint density at radius 1 is 1.25 bits per heavy atom. The number of rotatable bonds is 6. The Bertz CT molecular complexity index is 178. The number of hydrogen-bond donors (Lipinski definition) is 1. The van der Waals surface area contributed by atoms with E-state index in [1.807, 2.05) is 0 Å². The van der Waals surface area contributed by atoms with E-state index in [1.54, 1.807) is 0 Å². The van der Waals surface area contributed by atoms with E-state index in [4.69, 9.17) is 0 Å². The second-order valence-electron chi connectivity index (χ2n) is 5.26.